The molecular weight excluding hydrogens is 396 g/mol. The standard InChI is InChI=1S/C22H26N6O3/c1-27-18(10-13-24-27)22(30)28-14-5-8-17(9-12-23-19(29)11-15-28)21-25-20(26-31-21)16-6-3-2-4-7-16/h2-4,6-7,10,13,17H,5,8-9,11-12,14-15H2,1H3,(H,23,29). The molecule has 0 saturated carbocycles. The van der Waals surface area contributed by atoms with E-state index in [9.17, 15) is 9.59 Å². The van der Waals surface area contributed by atoms with Crippen LogP contribution in [-0.4, -0.2) is 56.3 Å². The van der Waals surface area contributed by atoms with E-state index in [0.29, 0.717) is 43.5 Å². The Morgan fingerprint density at radius 2 is 2.00 bits per heavy atom. The molecule has 4 rings (SSSR count). The molecule has 2 amide bonds. The molecule has 1 fully saturated rings. The lowest BCUT2D eigenvalue weighted by molar-refractivity contribution is -0.121. The summed E-state index contributed by atoms with van der Waals surface area (Å²) in [6, 6.07) is 11.4. The number of carbonyl (C=O) groups excluding carboxylic acids is 2. The van der Waals surface area contributed by atoms with E-state index in [1.807, 2.05) is 30.3 Å². The third-order valence-electron chi connectivity index (χ3n) is 5.55. The first-order valence-corrected chi connectivity index (χ1v) is 10.5. The van der Waals surface area contributed by atoms with Gasteiger partial charge in [-0.15, -0.1) is 0 Å². The van der Waals surface area contributed by atoms with Crippen LogP contribution >= 0.6 is 0 Å². The lowest BCUT2D eigenvalue weighted by Crippen LogP contribution is -2.36. The first-order valence-electron chi connectivity index (χ1n) is 10.5. The van der Waals surface area contributed by atoms with Crippen molar-refractivity contribution in [2.75, 3.05) is 19.6 Å². The topological polar surface area (TPSA) is 106 Å². The van der Waals surface area contributed by atoms with E-state index in [4.69, 9.17) is 4.52 Å². The zero-order valence-electron chi connectivity index (χ0n) is 17.5. The molecule has 1 saturated heterocycles. The Kier molecular flexibility index (Phi) is 6.40. The Labute approximate surface area is 180 Å². The van der Waals surface area contributed by atoms with Gasteiger partial charge < -0.3 is 14.7 Å². The van der Waals surface area contributed by atoms with Crippen LogP contribution in [0.4, 0.5) is 0 Å². The van der Waals surface area contributed by atoms with Crippen molar-refractivity contribution in [3.05, 3.63) is 54.2 Å². The van der Waals surface area contributed by atoms with Crippen molar-refractivity contribution >= 4 is 11.8 Å². The molecule has 0 bridgehead atoms. The Hall–Kier alpha value is -3.49. The number of hydrogen-bond donors (Lipinski definition) is 1. The Bertz CT molecular complexity index is 1030. The molecule has 2 aromatic heterocycles. The molecule has 1 atom stereocenters. The highest BCUT2D eigenvalue weighted by molar-refractivity contribution is 5.92. The Morgan fingerprint density at radius 3 is 2.77 bits per heavy atom. The van der Waals surface area contributed by atoms with Crippen LogP contribution in [0.5, 0.6) is 0 Å². The van der Waals surface area contributed by atoms with E-state index >= 15 is 0 Å². The van der Waals surface area contributed by atoms with Gasteiger partial charge in [0.1, 0.15) is 5.69 Å². The number of amides is 2. The maximum absolute atomic E-state index is 12.9. The van der Waals surface area contributed by atoms with Gasteiger partial charge >= 0.3 is 0 Å². The number of nitrogens with zero attached hydrogens (tertiary/aromatic N) is 5. The van der Waals surface area contributed by atoms with Crippen molar-refractivity contribution in [1.29, 1.82) is 0 Å². The number of aryl methyl sites for hydroxylation is 1. The van der Waals surface area contributed by atoms with Crippen molar-refractivity contribution in [3.63, 3.8) is 0 Å². The molecule has 1 aliphatic heterocycles. The number of rotatable bonds is 3. The number of nitrogens with one attached hydrogen (secondary N) is 1. The van der Waals surface area contributed by atoms with Crippen molar-refractivity contribution in [2.45, 2.75) is 31.6 Å². The number of benzene rings is 1. The van der Waals surface area contributed by atoms with Gasteiger partial charge in [-0.05, 0) is 25.3 Å². The normalized spacial score (nSPS) is 18.3. The molecule has 31 heavy (non-hydrogen) atoms. The molecule has 3 heterocycles. The van der Waals surface area contributed by atoms with E-state index in [1.54, 1.807) is 28.9 Å². The fourth-order valence-electron chi connectivity index (χ4n) is 3.80. The highest BCUT2D eigenvalue weighted by atomic mass is 16.5. The van der Waals surface area contributed by atoms with Gasteiger partial charge in [-0.3, -0.25) is 14.3 Å². The van der Waals surface area contributed by atoms with E-state index in [0.717, 1.165) is 18.4 Å². The third-order valence-corrected chi connectivity index (χ3v) is 5.55. The van der Waals surface area contributed by atoms with Crippen LogP contribution < -0.4 is 5.32 Å². The van der Waals surface area contributed by atoms with Gasteiger partial charge in [0.05, 0.1) is 0 Å². The van der Waals surface area contributed by atoms with Gasteiger partial charge in [-0.1, -0.05) is 35.5 Å². The smallest absolute Gasteiger partial charge is 0.272 e. The second-order valence-electron chi connectivity index (χ2n) is 7.68. The van der Waals surface area contributed by atoms with Crippen molar-refractivity contribution in [2.24, 2.45) is 7.05 Å². The van der Waals surface area contributed by atoms with Crippen LogP contribution in [0.1, 0.15) is 48.0 Å². The van der Waals surface area contributed by atoms with Gasteiger partial charge in [0.2, 0.25) is 17.6 Å². The molecule has 0 spiro atoms. The summed E-state index contributed by atoms with van der Waals surface area (Å²) < 4.78 is 7.12. The van der Waals surface area contributed by atoms with Crippen LogP contribution in [0.15, 0.2) is 47.1 Å². The molecule has 3 aromatic rings. The van der Waals surface area contributed by atoms with E-state index in [-0.39, 0.29) is 24.2 Å². The van der Waals surface area contributed by atoms with Crippen molar-refractivity contribution in [3.8, 4) is 11.4 Å². The summed E-state index contributed by atoms with van der Waals surface area (Å²) in [7, 11) is 1.74. The average Bonchev–Trinajstić information content (AvgIpc) is 3.43. The maximum atomic E-state index is 12.9. The summed E-state index contributed by atoms with van der Waals surface area (Å²) in [5.41, 5.74) is 1.41. The monoisotopic (exact) mass is 422 g/mol. The lowest BCUT2D eigenvalue weighted by Gasteiger charge is -2.22. The SMILES string of the molecule is Cn1nccc1C(=O)N1CCCC(c2nc(-c3ccccc3)no2)CCNC(=O)CC1. The summed E-state index contributed by atoms with van der Waals surface area (Å²) in [6.45, 7) is 1.45. The van der Waals surface area contributed by atoms with Crippen LogP contribution in [0.25, 0.3) is 11.4 Å². The zero-order valence-corrected chi connectivity index (χ0v) is 17.5. The molecule has 0 radical (unpaired) electrons. The van der Waals surface area contributed by atoms with E-state index in [2.05, 4.69) is 20.6 Å². The Balaban J connectivity index is 1.48. The maximum Gasteiger partial charge on any atom is 0.272 e. The van der Waals surface area contributed by atoms with Gasteiger partial charge in [0.25, 0.3) is 5.91 Å². The second-order valence-corrected chi connectivity index (χ2v) is 7.68. The van der Waals surface area contributed by atoms with Gasteiger partial charge in [-0.25, -0.2) is 0 Å². The lowest BCUT2D eigenvalue weighted by atomic mass is 9.99. The molecular formula is C22H26N6O3. The fraction of sp³-hybridized carbons (Fsp3) is 0.409. The van der Waals surface area contributed by atoms with Crippen LogP contribution in [0, 0.1) is 0 Å². The number of hydrogen-bond acceptors (Lipinski definition) is 6. The first-order chi connectivity index (χ1) is 15.1. The van der Waals surface area contributed by atoms with Crippen LogP contribution in [0.2, 0.25) is 0 Å². The van der Waals surface area contributed by atoms with Crippen molar-refractivity contribution < 1.29 is 14.1 Å². The summed E-state index contributed by atoms with van der Waals surface area (Å²) in [6.07, 6.45) is 4.12. The fourth-order valence-corrected chi connectivity index (χ4v) is 3.80. The molecule has 9 heteroatoms. The predicted octanol–water partition coefficient (Wildman–Crippen LogP) is 2.39. The zero-order chi connectivity index (χ0) is 21.6. The van der Waals surface area contributed by atoms with Gasteiger partial charge in [0.15, 0.2) is 0 Å². The highest BCUT2D eigenvalue weighted by Gasteiger charge is 2.24. The summed E-state index contributed by atoms with van der Waals surface area (Å²) in [4.78, 5) is 31.5. The molecule has 9 nitrogen and oxygen atoms in total. The minimum Gasteiger partial charge on any atom is -0.356 e. The Morgan fingerprint density at radius 1 is 1.16 bits per heavy atom. The van der Waals surface area contributed by atoms with Crippen LogP contribution in [0.3, 0.4) is 0 Å². The molecule has 0 aliphatic carbocycles. The van der Waals surface area contributed by atoms with E-state index < -0.39 is 0 Å². The number of aromatic nitrogens is 4. The third kappa shape index (κ3) is 4.99. The predicted molar refractivity (Wildman–Crippen MR) is 113 cm³/mol. The van der Waals surface area contributed by atoms with Crippen LogP contribution in [-0.2, 0) is 11.8 Å². The minimum absolute atomic E-state index is 0.0111. The molecule has 1 aliphatic rings. The second kappa shape index (κ2) is 9.55. The van der Waals surface area contributed by atoms with Crippen molar-refractivity contribution in [1.82, 2.24) is 30.1 Å². The first kappa shape index (κ1) is 20.8. The van der Waals surface area contributed by atoms with Gasteiger partial charge in [-0.2, -0.15) is 10.1 Å². The highest BCUT2D eigenvalue weighted by Crippen LogP contribution is 2.26. The van der Waals surface area contributed by atoms with Gasteiger partial charge in [0, 0.05) is 50.8 Å². The molecule has 1 unspecified atom stereocenters. The summed E-state index contributed by atoms with van der Waals surface area (Å²) >= 11 is 0. The molecule has 1 aromatic carbocycles. The summed E-state index contributed by atoms with van der Waals surface area (Å²) in [5.74, 6) is 0.947. The minimum atomic E-state index is -0.118. The molecule has 162 valence electrons. The molecule has 1 N–H and O–H groups in total. The number of carbonyl (C=O) groups is 2. The quantitative estimate of drug-likeness (QED) is 0.695. The average molecular weight is 422 g/mol. The summed E-state index contributed by atoms with van der Waals surface area (Å²) in [5, 5.41) is 11.1. The van der Waals surface area contributed by atoms with E-state index in [1.165, 1.54) is 0 Å². The largest absolute Gasteiger partial charge is 0.356 e.